The van der Waals surface area contributed by atoms with Crippen molar-refractivity contribution in [2.75, 3.05) is 13.7 Å². The van der Waals surface area contributed by atoms with Crippen molar-refractivity contribution >= 4 is 5.57 Å². The SMILES string of the molecule is C=C/C(=C\C=C(/C)C(=CC(CC)C1=CC=CCC=C1)c1ccccc1)OCC.CN. The van der Waals surface area contributed by atoms with Gasteiger partial charge in [-0.25, -0.2) is 0 Å². The maximum Gasteiger partial charge on any atom is 0.118 e. The topological polar surface area (TPSA) is 35.2 Å². The minimum atomic E-state index is 0.368. The maximum atomic E-state index is 5.59. The predicted octanol–water partition coefficient (Wildman–Crippen LogP) is 7.17. The van der Waals surface area contributed by atoms with Gasteiger partial charge in [0.15, 0.2) is 0 Å². The lowest BCUT2D eigenvalue weighted by molar-refractivity contribution is 0.243. The molecule has 0 saturated heterocycles. The second kappa shape index (κ2) is 15.1. The van der Waals surface area contributed by atoms with Crippen LogP contribution >= 0.6 is 0 Å². The van der Waals surface area contributed by atoms with Crippen molar-refractivity contribution < 1.29 is 4.74 Å². The van der Waals surface area contributed by atoms with Gasteiger partial charge in [-0.05, 0) is 68.2 Å². The molecule has 0 radical (unpaired) electrons. The highest BCUT2D eigenvalue weighted by Gasteiger charge is 2.12. The summed E-state index contributed by atoms with van der Waals surface area (Å²) in [4.78, 5) is 0. The van der Waals surface area contributed by atoms with E-state index in [1.54, 1.807) is 6.08 Å². The highest BCUT2D eigenvalue weighted by molar-refractivity contribution is 5.79. The first-order valence-electron chi connectivity index (χ1n) is 10.7. The summed E-state index contributed by atoms with van der Waals surface area (Å²) in [5, 5.41) is 0. The quantitative estimate of drug-likeness (QED) is 0.350. The van der Waals surface area contributed by atoms with Crippen LogP contribution in [-0.2, 0) is 4.74 Å². The van der Waals surface area contributed by atoms with Crippen molar-refractivity contribution in [2.24, 2.45) is 11.7 Å². The van der Waals surface area contributed by atoms with Crippen LogP contribution in [0, 0.1) is 5.92 Å². The molecule has 0 amide bonds. The number of hydrogen-bond acceptors (Lipinski definition) is 2. The molecule has 1 atom stereocenters. The van der Waals surface area contributed by atoms with Crippen LogP contribution in [0.15, 0.2) is 109 Å². The van der Waals surface area contributed by atoms with Gasteiger partial charge in [-0.3, -0.25) is 0 Å². The lowest BCUT2D eigenvalue weighted by Gasteiger charge is -2.16. The second-order valence-corrected chi connectivity index (χ2v) is 6.75. The van der Waals surface area contributed by atoms with Gasteiger partial charge >= 0.3 is 0 Å². The third-order valence-electron chi connectivity index (χ3n) is 4.76. The van der Waals surface area contributed by atoms with E-state index in [2.05, 4.69) is 99.0 Å². The van der Waals surface area contributed by atoms with Crippen molar-refractivity contribution in [3.63, 3.8) is 0 Å². The van der Waals surface area contributed by atoms with Crippen LogP contribution < -0.4 is 5.73 Å². The molecule has 0 saturated carbocycles. The van der Waals surface area contributed by atoms with E-state index >= 15 is 0 Å². The van der Waals surface area contributed by atoms with Gasteiger partial charge < -0.3 is 10.5 Å². The zero-order valence-corrected chi connectivity index (χ0v) is 19.0. The van der Waals surface area contributed by atoms with Crippen molar-refractivity contribution in [3.05, 3.63) is 114 Å². The molecule has 30 heavy (non-hydrogen) atoms. The van der Waals surface area contributed by atoms with Crippen molar-refractivity contribution in [2.45, 2.75) is 33.6 Å². The zero-order valence-electron chi connectivity index (χ0n) is 19.0. The highest BCUT2D eigenvalue weighted by Crippen LogP contribution is 2.29. The summed E-state index contributed by atoms with van der Waals surface area (Å²) in [6.07, 6.45) is 21.4. The van der Waals surface area contributed by atoms with Crippen molar-refractivity contribution in [3.8, 4) is 0 Å². The number of ether oxygens (including phenoxy) is 1. The third kappa shape index (κ3) is 8.26. The number of benzene rings is 1. The Morgan fingerprint density at radius 2 is 1.87 bits per heavy atom. The minimum Gasteiger partial charge on any atom is -0.494 e. The summed E-state index contributed by atoms with van der Waals surface area (Å²) in [7, 11) is 1.50. The van der Waals surface area contributed by atoms with Gasteiger partial charge in [0.1, 0.15) is 5.76 Å². The van der Waals surface area contributed by atoms with Gasteiger partial charge in [0.05, 0.1) is 6.61 Å². The molecule has 2 N–H and O–H groups in total. The Labute approximate surface area is 183 Å². The normalized spacial score (nSPS) is 15.5. The average molecular weight is 404 g/mol. The first-order chi connectivity index (χ1) is 14.7. The van der Waals surface area contributed by atoms with E-state index in [0.717, 1.165) is 18.6 Å². The monoisotopic (exact) mass is 403 g/mol. The summed E-state index contributed by atoms with van der Waals surface area (Å²) in [6.45, 7) is 10.9. The fourth-order valence-electron chi connectivity index (χ4n) is 3.21. The van der Waals surface area contributed by atoms with E-state index in [1.165, 1.54) is 29.3 Å². The minimum absolute atomic E-state index is 0.368. The molecule has 1 aromatic rings. The summed E-state index contributed by atoms with van der Waals surface area (Å²) in [6, 6.07) is 10.6. The second-order valence-electron chi connectivity index (χ2n) is 6.75. The van der Waals surface area contributed by atoms with Crippen LogP contribution in [0.3, 0.4) is 0 Å². The smallest absolute Gasteiger partial charge is 0.118 e. The van der Waals surface area contributed by atoms with Crippen LogP contribution in [0.1, 0.15) is 39.2 Å². The molecule has 0 bridgehead atoms. The van der Waals surface area contributed by atoms with Gasteiger partial charge in [0, 0.05) is 5.92 Å². The first kappa shape index (κ1) is 25.2. The van der Waals surface area contributed by atoms with Gasteiger partial charge in [-0.1, -0.05) is 86.4 Å². The summed E-state index contributed by atoms with van der Waals surface area (Å²) in [5.41, 5.74) is 9.55. The van der Waals surface area contributed by atoms with E-state index in [9.17, 15) is 0 Å². The number of allylic oxidation sites excluding steroid dienone is 12. The van der Waals surface area contributed by atoms with Crippen molar-refractivity contribution in [1.82, 2.24) is 0 Å². The molecular weight excluding hydrogens is 366 g/mol. The maximum absolute atomic E-state index is 5.59. The molecule has 2 nitrogen and oxygen atoms in total. The van der Waals surface area contributed by atoms with Crippen LogP contribution in [-0.4, -0.2) is 13.7 Å². The molecule has 1 aliphatic carbocycles. The Morgan fingerprint density at radius 1 is 1.13 bits per heavy atom. The Hall–Kier alpha value is -2.84. The van der Waals surface area contributed by atoms with Gasteiger partial charge in [-0.2, -0.15) is 0 Å². The standard InChI is InChI=1S/C27H32O.CH5N/c1-5-23(24-15-11-8-9-12-16-24)21-27(25-17-13-10-14-18-25)22(4)19-20-26(6-2)28-7-3;1-2/h6,8,10-21,23H,2,5,7,9H2,1,3-4H3;2H2,1H3/b22-19+,26-20+,27-21?;. The van der Waals surface area contributed by atoms with Crippen LogP contribution in [0.5, 0.6) is 0 Å². The molecule has 1 aromatic carbocycles. The molecule has 1 aliphatic rings. The van der Waals surface area contributed by atoms with Crippen LogP contribution in [0.4, 0.5) is 0 Å². The molecule has 0 fully saturated rings. The summed E-state index contributed by atoms with van der Waals surface area (Å²) in [5.74, 6) is 1.16. The molecule has 0 spiro atoms. The van der Waals surface area contributed by atoms with Crippen LogP contribution in [0.25, 0.3) is 5.57 Å². The molecule has 2 heteroatoms. The van der Waals surface area contributed by atoms with Crippen LogP contribution in [0.2, 0.25) is 0 Å². The fourth-order valence-corrected chi connectivity index (χ4v) is 3.21. The molecule has 1 unspecified atom stereocenters. The third-order valence-corrected chi connectivity index (χ3v) is 4.76. The van der Waals surface area contributed by atoms with E-state index in [1.807, 2.05) is 13.0 Å². The molecule has 2 rings (SSSR count). The van der Waals surface area contributed by atoms with Crippen molar-refractivity contribution in [1.29, 1.82) is 0 Å². The van der Waals surface area contributed by atoms with Gasteiger partial charge in [0.2, 0.25) is 0 Å². The summed E-state index contributed by atoms with van der Waals surface area (Å²) >= 11 is 0. The Morgan fingerprint density at radius 3 is 2.50 bits per heavy atom. The molecule has 0 aliphatic heterocycles. The Balaban J connectivity index is 0.00000218. The molecule has 160 valence electrons. The van der Waals surface area contributed by atoms with E-state index in [4.69, 9.17) is 4.74 Å². The molecule has 0 heterocycles. The average Bonchev–Trinajstić information content (AvgIpc) is 3.08. The first-order valence-corrected chi connectivity index (χ1v) is 10.7. The van der Waals surface area contributed by atoms with E-state index in [0.29, 0.717) is 12.5 Å². The molecule has 0 aromatic heterocycles. The largest absolute Gasteiger partial charge is 0.494 e. The Bertz CT molecular complexity index is 819. The fraction of sp³-hybridized carbons (Fsp3) is 0.286. The molecular formula is C28H37NO. The number of hydrogen-bond donors (Lipinski definition) is 1. The van der Waals surface area contributed by atoms with E-state index < -0.39 is 0 Å². The van der Waals surface area contributed by atoms with E-state index in [-0.39, 0.29) is 0 Å². The number of nitrogens with two attached hydrogens (primary N) is 1. The van der Waals surface area contributed by atoms with Gasteiger partial charge in [0.25, 0.3) is 0 Å². The highest BCUT2D eigenvalue weighted by atomic mass is 16.5. The predicted molar refractivity (Wildman–Crippen MR) is 133 cm³/mol. The summed E-state index contributed by atoms with van der Waals surface area (Å²) < 4.78 is 5.59. The van der Waals surface area contributed by atoms with Gasteiger partial charge in [-0.15, -0.1) is 0 Å². The Kier molecular flexibility index (Phi) is 12.6. The number of rotatable bonds is 9. The lowest BCUT2D eigenvalue weighted by atomic mass is 9.88. The lowest BCUT2D eigenvalue weighted by Crippen LogP contribution is -2.00. The zero-order chi connectivity index (χ0) is 22.2.